The fourth-order valence-corrected chi connectivity index (χ4v) is 4.38. The third-order valence-corrected chi connectivity index (χ3v) is 6.37. The summed E-state index contributed by atoms with van der Waals surface area (Å²) in [5, 5.41) is 12.3. The van der Waals surface area contributed by atoms with Crippen LogP contribution in [0.25, 0.3) is 11.4 Å². The zero-order chi connectivity index (χ0) is 20.9. The Morgan fingerprint density at radius 1 is 1.17 bits per heavy atom. The van der Waals surface area contributed by atoms with Gasteiger partial charge in [0.05, 0.1) is 17.9 Å². The molecule has 0 fully saturated rings. The number of amides is 1. The fraction of sp³-hybridized carbons (Fsp3) is 0.318. The molecule has 0 spiro atoms. The number of carbonyl (C=O) groups excluding carboxylic acids is 1. The smallest absolute Gasteiger partial charge is 0.234 e. The van der Waals surface area contributed by atoms with E-state index in [9.17, 15) is 4.79 Å². The number of rotatable bonds is 6. The lowest BCUT2D eigenvalue weighted by Crippen LogP contribution is -2.14. The van der Waals surface area contributed by atoms with Crippen LogP contribution in [-0.4, -0.2) is 33.5 Å². The molecule has 156 valence electrons. The van der Waals surface area contributed by atoms with Crippen LogP contribution in [0.3, 0.4) is 0 Å². The molecule has 0 bridgehead atoms. The molecule has 4 rings (SSSR count). The van der Waals surface area contributed by atoms with Gasteiger partial charge in [0.15, 0.2) is 5.82 Å². The predicted molar refractivity (Wildman–Crippen MR) is 120 cm³/mol. The molecule has 8 heteroatoms. The quantitative estimate of drug-likeness (QED) is 0.540. The first kappa shape index (κ1) is 20.8. The summed E-state index contributed by atoms with van der Waals surface area (Å²) in [7, 11) is 1.63. The largest absolute Gasteiger partial charge is 0.497 e. The van der Waals surface area contributed by atoms with Crippen molar-refractivity contribution in [2.45, 2.75) is 37.1 Å². The van der Waals surface area contributed by atoms with Crippen LogP contribution in [0, 0.1) is 0 Å². The average molecular weight is 443 g/mol. The molecule has 3 aromatic rings. The van der Waals surface area contributed by atoms with Crippen LogP contribution in [-0.2, 0) is 17.8 Å². The number of nitrogens with zero attached hydrogens (tertiary/aromatic N) is 3. The number of fused-ring (bicyclic) bond motifs is 1. The molecule has 0 atom stereocenters. The number of halogens is 1. The number of aromatic nitrogens is 3. The SMILES string of the molecule is COc1ccc(SCC(=O)Nc2ccc(Cl)c(-c3nnc4n3CCCCC4)c2)cc1. The van der Waals surface area contributed by atoms with Crippen molar-refractivity contribution in [2.24, 2.45) is 0 Å². The monoisotopic (exact) mass is 442 g/mol. The maximum absolute atomic E-state index is 12.4. The van der Waals surface area contributed by atoms with Gasteiger partial charge in [-0.1, -0.05) is 18.0 Å². The standard InChI is InChI=1S/C22H23ClN4O2S/c1-29-16-7-9-17(10-8-16)30-14-21(28)24-15-6-11-19(23)18(13-15)22-26-25-20-5-3-2-4-12-27(20)22/h6-11,13H,2-5,12,14H2,1H3,(H,24,28). The second-order valence-corrected chi connectivity index (χ2v) is 8.57. The van der Waals surface area contributed by atoms with Crippen molar-refractivity contribution in [1.82, 2.24) is 14.8 Å². The van der Waals surface area contributed by atoms with Gasteiger partial charge in [0.25, 0.3) is 0 Å². The van der Waals surface area contributed by atoms with Crippen LogP contribution in [0.4, 0.5) is 5.69 Å². The lowest BCUT2D eigenvalue weighted by molar-refractivity contribution is -0.113. The van der Waals surface area contributed by atoms with E-state index in [1.165, 1.54) is 18.2 Å². The molecule has 1 aliphatic heterocycles. The van der Waals surface area contributed by atoms with Crippen molar-refractivity contribution in [3.63, 3.8) is 0 Å². The number of nitrogens with one attached hydrogen (secondary N) is 1. The van der Waals surface area contributed by atoms with Crippen LogP contribution >= 0.6 is 23.4 Å². The van der Waals surface area contributed by atoms with Gasteiger partial charge in [0, 0.05) is 29.1 Å². The summed E-state index contributed by atoms with van der Waals surface area (Å²) in [5.74, 6) is 2.79. The van der Waals surface area contributed by atoms with E-state index >= 15 is 0 Å². The number of hydrogen-bond donors (Lipinski definition) is 1. The summed E-state index contributed by atoms with van der Waals surface area (Å²) in [6, 6.07) is 13.1. The Bertz CT molecular complexity index is 1040. The summed E-state index contributed by atoms with van der Waals surface area (Å²) in [4.78, 5) is 13.5. The summed E-state index contributed by atoms with van der Waals surface area (Å²) in [6.07, 6.45) is 4.37. The van der Waals surface area contributed by atoms with Crippen molar-refractivity contribution in [1.29, 1.82) is 0 Å². The Balaban J connectivity index is 1.45. The van der Waals surface area contributed by atoms with Gasteiger partial charge >= 0.3 is 0 Å². The third kappa shape index (κ3) is 4.79. The first-order valence-electron chi connectivity index (χ1n) is 9.93. The van der Waals surface area contributed by atoms with Gasteiger partial charge in [-0.3, -0.25) is 4.79 Å². The Labute approximate surface area is 185 Å². The maximum atomic E-state index is 12.4. The highest BCUT2D eigenvalue weighted by Gasteiger charge is 2.18. The van der Waals surface area contributed by atoms with Crippen molar-refractivity contribution in [3.05, 3.63) is 53.3 Å². The highest BCUT2D eigenvalue weighted by Crippen LogP contribution is 2.31. The van der Waals surface area contributed by atoms with Crippen LogP contribution in [0.5, 0.6) is 5.75 Å². The van der Waals surface area contributed by atoms with E-state index in [0.717, 1.165) is 53.7 Å². The molecular formula is C22H23ClN4O2S. The molecule has 0 saturated carbocycles. The topological polar surface area (TPSA) is 69.0 Å². The minimum atomic E-state index is -0.0795. The lowest BCUT2D eigenvalue weighted by atomic mass is 10.1. The Kier molecular flexibility index (Phi) is 6.59. The summed E-state index contributed by atoms with van der Waals surface area (Å²) in [6.45, 7) is 0.892. The Morgan fingerprint density at radius 2 is 2.00 bits per heavy atom. The van der Waals surface area contributed by atoms with Gasteiger partial charge in [0.1, 0.15) is 11.6 Å². The van der Waals surface area contributed by atoms with Crippen LogP contribution in [0.15, 0.2) is 47.4 Å². The summed E-state index contributed by atoms with van der Waals surface area (Å²) >= 11 is 7.94. The first-order valence-corrected chi connectivity index (χ1v) is 11.3. The van der Waals surface area contributed by atoms with E-state index in [4.69, 9.17) is 16.3 Å². The zero-order valence-electron chi connectivity index (χ0n) is 16.7. The van der Waals surface area contributed by atoms with Crippen molar-refractivity contribution in [3.8, 4) is 17.1 Å². The van der Waals surface area contributed by atoms with Gasteiger partial charge in [-0.05, 0) is 55.3 Å². The molecule has 30 heavy (non-hydrogen) atoms. The number of anilines is 1. The number of methoxy groups -OCH3 is 1. The second-order valence-electron chi connectivity index (χ2n) is 7.11. The van der Waals surface area contributed by atoms with E-state index in [-0.39, 0.29) is 5.91 Å². The minimum Gasteiger partial charge on any atom is -0.497 e. The minimum absolute atomic E-state index is 0.0795. The van der Waals surface area contributed by atoms with E-state index in [1.54, 1.807) is 13.2 Å². The van der Waals surface area contributed by atoms with Gasteiger partial charge in [0.2, 0.25) is 5.91 Å². The average Bonchev–Trinajstić information content (AvgIpc) is 3.01. The van der Waals surface area contributed by atoms with Crippen molar-refractivity contribution < 1.29 is 9.53 Å². The number of carbonyl (C=O) groups is 1. The van der Waals surface area contributed by atoms with Gasteiger partial charge in [-0.15, -0.1) is 22.0 Å². The normalized spacial score (nSPS) is 13.4. The third-order valence-electron chi connectivity index (χ3n) is 5.03. The fourth-order valence-electron chi connectivity index (χ4n) is 3.48. The predicted octanol–water partition coefficient (Wildman–Crippen LogP) is 5.06. The molecule has 1 amide bonds. The van der Waals surface area contributed by atoms with Gasteiger partial charge in [-0.2, -0.15) is 0 Å². The Morgan fingerprint density at radius 3 is 2.80 bits per heavy atom. The van der Waals surface area contributed by atoms with Crippen molar-refractivity contribution >= 4 is 35.0 Å². The van der Waals surface area contributed by atoms with Crippen LogP contribution in [0.2, 0.25) is 5.02 Å². The number of aryl methyl sites for hydroxylation is 1. The highest BCUT2D eigenvalue weighted by atomic mass is 35.5. The molecule has 1 aromatic heterocycles. The molecule has 2 heterocycles. The number of thioether (sulfide) groups is 1. The molecule has 2 aromatic carbocycles. The molecule has 0 radical (unpaired) electrons. The number of ether oxygens (including phenoxy) is 1. The molecular weight excluding hydrogens is 420 g/mol. The maximum Gasteiger partial charge on any atom is 0.234 e. The molecule has 0 unspecified atom stereocenters. The van der Waals surface area contributed by atoms with Crippen LogP contribution in [0.1, 0.15) is 25.1 Å². The van der Waals surface area contributed by atoms with E-state index in [0.29, 0.717) is 16.5 Å². The molecule has 1 N–H and O–H groups in total. The number of benzene rings is 2. The zero-order valence-corrected chi connectivity index (χ0v) is 18.3. The number of hydrogen-bond acceptors (Lipinski definition) is 5. The molecule has 0 saturated heterocycles. The van der Waals surface area contributed by atoms with Gasteiger partial charge in [-0.25, -0.2) is 0 Å². The summed E-state index contributed by atoms with van der Waals surface area (Å²) < 4.78 is 7.31. The van der Waals surface area contributed by atoms with E-state index in [1.807, 2.05) is 36.4 Å². The van der Waals surface area contributed by atoms with E-state index < -0.39 is 0 Å². The molecule has 0 aliphatic carbocycles. The van der Waals surface area contributed by atoms with Crippen LogP contribution < -0.4 is 10.1 Å². The van der Waals surface area contributed by atoms with Gasteiger partial charge < -0.3 is 14.6 Å². The Hall–Kier alpha value is -2.51. The summed E-state index contributed by atoms with van der Waals surface area (Å²) in [5.41, 5.74) is 1.48. The molecule has 6 nitrogen and oxygen atoms in total. The van der Waals surface area contributed by atoms with E-state index in [2.05, 4.69) is 20.1 Å². The highest BCUT2D eigenvalue weighted by molar-refractivity contribution is 8.00. The second kappa shape index (κ2) is 9.53. The molecule has 1 aliphatic rings. The lowest BCUT2D eigenvalue weighted by Gasteiger charge is -2.11. The first-order chi connectivity index (χ1) is 14.6. The van der Waals surface area contributed by atoms with Crippen molar-refractivity contribution in [2.75, 3.05) is 18.2 Å².